The van der Waals surface area contributed by atoms with Crippen molar-refractivity contribution >= 4 is 23.8 Å². The third kappa shape index (κ3) is 18.2. The summed E-state index contributed by atoms with van der Waals surface area (Å²) in [4.78, 5) is 54.3. The first-order chi connectivity index (χ1) is 20.1. The summed E-state index contributed by atoms with van der Waals surface area (Å²) in [5.74, 6) is -0.806. The molecule has 0 bridgehead atoms. The van der Waals surface area contributed by atoms with Gasteiger partial charge in [-0.2, -0.15) is 4.98 Å². The molecule has 1 aromatic heterocycles. The third-order valence-electron chi connectivity index (χ3n) is 7.02. The summed E-state index contributed by atoms with van der Waals surface area (Å²) < 4.78 is 1.48. The van der Waals surface area contributed by atoms with Gasteiger partial charge in [-0.1, -0.05) is 0 Å². The number of aliphatic hydroxyl groups excluding tert-OH is 2. The number of aromatic amines is 1. The average molecular weight is 614 g/mol. The van der Waals surface area contributed by atoms with Crippen molar-refractivity contribution in [2.45, 2.75) is 57.7 Å². The van der Waals surface area contributed by atoms with E-state index >= 15 is 0 Å². The molecule has 0 saturated carbocycles. The quantitative estimate of drug-likeness (QED) is 0.0609. The highest BCUT2D eigenvalue weighted by atomic mass is 16.3. The number of quaternary nitrogens is 2. The van der Waals surface area contributed by atoms with E-state index in [2.05, 4.69) is 59.4 Å². The summed E-state index contributed by atoms with van der Waals surface area (Å²) in [6.45, 7) is 7.03. The molecule has 15 heteroatoms. The van der Waals surface area contributed by atoms with Crippen LogP contribution in [0.25, 0.3) is 0 Å². The van der Waals surface area contributed by atoms with E-state index in [0.29, 0.717) is 42.8 Å². The second kappa shape index (κ2) is 19.2. The summed E-state index contributed by atoms with van der Waals surface area (Å²) in [5.41, 5.74) is 5.73. The lowest BCUT2D eigenvalue weighted by Crippen LogP contribution is -2.44. The molecule has 0 aliphatic heterocycles. The van der Waals surface area contributed by atoms with Gasteiger partial charge in [0, 0.05) is 63.5 Å². The number of nitrogens with zero attached hydrogens (tertiary/aromatic N) is 3. The van der Waals surface area contributed by atoms with Gasteiger partial charge in [-0.3, -0.25) is 19.7 Å². The Morgan fingerprint density at radius 2 is 1.44 bits per heavy atom. The molecule has 1 rings (SSSR count). The van der Waals surface area contributed by atoms with Gasteiger partial charge in [0.2, 0.25) is 17.8 Å². The van der Waals surface area contributed by atoms with Gasteiger partial charge < -0.3 is 45.8 Å². The Kier molecular flexibility index (Phi) is 17.0. The predicted octanol–water partition coefficient (Wildman–Crippen LogP) is -1.39. The number of rotatable bonds is 21. The third-order valence-corrected chi connectivity index (χ3v) is 7.02. The van der Waals surface area contributed by atoms with Crippen LogP contribution in [0.1, 0.15) is 44.2 Å². The molecule has 4 amide bonds. The van der Waals surface area contributed by atoms with E-state index in [0.717, 1.165) is 49.9 Å². The molecule has 0 fully saturated rings. The van der Waals surface area contributed by atoms with Crippen molar-refractivity contribution in [3.05, 3.63) is 22.1 Å². The van der Waals surface area contributed by atoms with Crippen LogP contribution in [0, 0.1) is 6.92 Å². The van der Waals surface area contributed by atoms with Gasteiger partial charge in [0.25, 0.3) is 5.56 Å². The van der Waals surface area contributed by atoms with Crippen LogP contribution in [0.4, 0.5) is 10.7 Å². The largest absolute Gasteiger partial charge is 0.392 e. The second-order valence-corrected chi connectivity index (χ2v) is 12.4. The van der Waals surface area contributed by atoms with Gasteiger partial charge in [0.05, 0.1) is 66.9 Å². The van der Waals surface area contributed by atoms with Gasteiger partial charge in [0.1, 0.15) is 6.10 Å². The molecule has 0 radical (unpaired) electrons. The number of carbonyl (C=O) groups is 3. The Balaban J connectivity index is 2.18. The highest BCUT2D eigenvalue weighted by Crippen LogP contribution is 2.05. The van der Waals surface area contributed by atoms with E-state index in [1.165, 1.54) is 6.07 Å². The zero-order chi connectivity index (χ0) is 32.5. The summed E-state index contributed by atoms with van der Waals surface area (Å²) in [6.07, 6.45) is 0.182. The fourth-order valence-corrected chi connectivity index (χ4v) is 4.55. The zero-order valence-corrected chi connectivity index (χ0v) is 26.6. The van der Waals surface area contributed by atoms with Gasteiger partial charge in [0.15, 0.2) is 0 Å². The Labute approximate surface area is 254 Å². The van der Waals surface area contributed by atoms with Crippen molar-refractivity contribution in [1.82, 2.24) is 25.9 Å². The number of aromatic nitrogens is 2. The number of carbonyl (C=O) groups excluding carboxylic acids is 3. The fraction of sp³-hybridized carbons (Fsp3) is 0.750. The van der Waals surface area contributed by atoms with Crippen molar-refractivity contribution in [3.63, 3.8) is 0 Å². The monoisotopic (exact) mass is 613 g/mol. The Bertz CT molecular complexity index is 1060. The molecule has 0 spiro atoms. The zero-order valence-electron chi connectivity index (χ0n) is 26.6. The van der Waals surface area contributed by atoms with E-state index in [4.69, 9.17) is 5.73 Å². The lowest BCUT2D eigenvalue weighted by atomic mass is 10.1. The van der Waals surface area contributed by atoms with Crippen molar-refractivity contribution in [2.75, 3.05) is 85.9 Å². The van der Waals surface area contributed by atoms with Crippen LogP contribution in [0.5, 0.6) is 0 Å². The van der Waals surface area contributed by atoms with Crippen molar-refractivity contribution in [3.8, 4) is 0 Å². The lowest BCUT2D eigenvalue weighted by molar-refractivity contribution is -0.890. The molecule has 15 nitrogen and oxygen atoms in total. The van der Waals surface area contributed by atoms with Gasteiger partial charge in [-0.25, -0.2) is 4.79 Å². The molecule has 2 atom stereocenters. The first-order valence-corrected chi connectivity index (χ1v) is 15.0. The highest BCUT2D eigenvalue weighted by molar-refractivity contribution is 5.87. The molecular formula is C28H55N9O6+2. The predicted molar refractivity (Wildman–Crippen MR) is 165 cm³/mol. The maximum absolute atomic E-state index is 12.2. The smallest absolute Gasteiger partial charge is 0.321 e. The molecule has 0 unspecified atom stereocenters. The SMILES string of the molecule is Cc1cc(=O)nc(NC(=O)NCCC[N+](C)(C)CCCNC(=O)C[C@@H](O)C[C@H](O)C(=O)NCCC[N+](C)(C)CCCN)[nH]1. The average Bonchev–Trinajstić information content (AvgIpc) is 2.89. The van der Waals surface area contributed by atoms with Gasteiger partial charge >= 0.3 is 6.03 Å². The molecule has 1 heterocycles. The van der Waals surface area contributed by atoms with Crippen LogP contribution < -0.4 is 32.6 Å². The number of hydrogen-bond acceptors (Lipinski definition) is 8. The van der Waals surface area contributed by atoms with Crippen LogP contribution in [-0.4, -0.2) is 140 Å². The maximum Gasteiger partial charge on any atom is 0.321 e. The summed E-state index contributed by atoms with van der Waals surface area (Å²) >= 11 is 0. The number of H-pyrrole nitrogens is 1. The van der Waals surface area contributed by atoms with Gasteiger partial charge in [-0.15, -0.1) is 0 Å². The molecular weight excluding hydrogens is 558 g/mol. The Hall–Kier alpha value is -3.11. The molecule has 0 aliphatic carbocycles. The summed E-state index contributed by atoms with van der Waals surface area (Å²) in [7, 11) is 8.33. The molecule has 0 aromatic carbocycles. The normalized spacial score (nSPS) is 13.2. The minimum Gasteiger partial charge on any atom is -0.392 e. The minimum absolute atomic E-state index is 0.0921. The van der Waals surface area contributed by atoms with E-state index < -0.39 is 29.7 Å². The summed E-state index contributed by atoms with van der Waals surface area (Å²) in [5, 5.41) is 31.0. The standard InChI is InChI=1S/C28H53N9O6/c1-21-18-25(41)34-27(33-21)35-28(43)32-13-9-17-37(4,5)15-7-11-30-24(40)20-22(38)19-23(39)26(42)31-12-8-16-36(2,3)14-6-10-29/h18,22-23,38-39H,6-17,19-20,29H2,1-5H3,(H3-2,30,31,32,33,34,35,40,41,42,43)/p+2/t22-,23-/m0/s1. The van der Waals surface area contributed by atoms with Crippen LogP contribution in [0.2, 0.25) is 0 Å². The van der Waals surface area contributed by atoms with Crippen LogP contribution in [0.15, 0.2) is 10.9 Å². The highest BCUT2D eigenvalue weighted by Gasteiger charge is 2.22. The van der Waals surface area contributed by atoms with Crippen LogP contribution >= 0.6 is 0 Å². The van der Waals surface area contributed by atoms with E-state index in [1.807, 2.05) is 0 Å². The summed E-state index contributed by atoms with van der Waals surface area (Å²) in [6, 6.07) is 0.882. The second-order valence-electron chi connectivity index (χ2n) is 12.4. The maximum atomic E-state index is 12.2. The molecule has 0 aliphatic rings. The molecule has 0 saturated heterocycles. The van der Waals surface area contributed by atoms with Crippen LogP contribution in [0.3, 0.4) is 0 Å². The van der Waals surface area contributed by atoms with E-state index in [1.54, 1.807) is 6.92 Å². The lowest BCUT2D eigenvalue weighted by Gasteiger charge is -2.30. The van der Waals surface area contributed by atoms with Crippen molar-refractivity contribution in [1.29, 1.82) is 0 Å². The topological polar surface area (TPSA) is 212 Å². The van der Waals surface area contributed by atoms with E-state index in [-0.39, 0.29) is 24.7 Å². The number of aryl methyl sites for hydroxylation is 1. The molecule has 246 valence electrons. The van der Waals surface area contributed by atoms with Crippen molar-refractivity contribution in [2.24, 2.45) is 5.73 Å². The number of anilines is 1. The number of nitrogens with two attached hydrogens (primary N) is 1. The number of urea groups is 1. The minimum atomic E-state index is -1.38. The van der Waals surface area contributed by atoms with Crippen molar-refractivity contribution < 1.29 is 33.6 Å². The number of hydrogen-bond donors (Lipinski definition) is 8. The molecule has 43 heavy (non-hydrogen) atoms. The first-order valence-electron chi connectivity index (χ1n) is 15.0. The Morgan fingerprint density at radius 3 is 2.00 bits per heavy atom. The molecule has 9 N–H and O–H groups in total. The van der Waals surface area contributed by atoms with E-state index in [9.17, 15) is 29.4 Å². The Morgan fingerprint density at radius 1 is 0.907 bits per heavy atom. The number of nitrogens with one attached hydrogen (secondary N) is 5. The number of aliphatic hydroxyl groups is 2. The molecule has 1 aromatic rings. The van der Waals surface area contributed by atoms with Gasteiger partial charge in [-0.05, 0) is 13.5 Å². The first kappa shape index (κ1) is 37.9. The number of amides is 4. The fourth-order valence-electron chi connectivity index (χ4n) is 4.55. The van der Waals surface area contributed by atoms with Crippen LogP contribution in [-0.2, 0) is 9.59 Å².